The van der Waals surface area contributed by atoms with E-state index in [0.29, 0.717) is 0 Å². The van der Waals surface area contributed by atoms with Crippen LogP contribution in [0.25, 0.3) is 0 Å². The Morgan fingerprint density at radius 1 is 1.71 bits per heavy atom. The fourth-order valence-corrected chi connectivity index (χ4v) is 2.08. The van der Waals surface area contributed by atoms with Crippen molar-refractivity contribution in [3.8, 4) is 0 Å². The molecule has 4 heteroatoms. The summed E-state index contributed by atoms with van der Waals surface area (Å²) in [6, 6.07) is 4.14. The fraction of sp³-hybridized carbons (Fsp3) is 0.500. The van der Waals surface area contributed by atoms with Crippen molar-refractivity contribution in [2.45, 2.75) is 19.5 Å². The van der Waals surface area contributed by atoms with Gasteiger partial charge in [-0.3, -0.25) is 4.79 Å². The molecule has 0 bridgehead atoms. The normalized spacial score (nSPS) is 14.8. The zero-order valence-electron chi connectivity index (χ0n) is 8.83. The highest BCUT2D eigenvalue weighted by molar-refractivity contribution is 7.09. The van der Waals surface area contributed by atoms with E-state index in [4.69, 9.17) is 0 Å². The first-order valence-electron chi connectivity index (χ1n) is 4.71. The second-order valence-corrected chi connectivity index (χ2v) is 4.47. The molecule has 0 saturated carbocycles. The van der Waals surface area contributed by atoms with Crippen LogP contribution in [0.5, 0.6) is 0 Å². The van der Waals surface area contributed by atoms with Gasteiger partial charge in [0.2, 0.25) is 0 Å². The van der Waals surface area contributed by atoms with Gasteiger partial charge < -0.3 is 10.2 Å². The number of hydrogen-bond acceptors (Lipinski definition) is 2. The van der Waals surface area contributed by atoms with Gasteiger partial charge in [-0.15, -0.1) is 11.3 Å². The molecule has 78 valence electrons. The maximum absolute atomic E-state index is 11.4. The molecule has 1 amide bonds. The van der Waals surface area contributed by atoms with Crippen molar-refractivity contribution >= 4 is 17.2 Å². The molecule has 0 aliphatic carbocycles. The molecule has 0 aliphatic heterocycles. The Balaban J connectivity index is 2.49. The minimum absolute atomic E-state index is 0.00194. The van der Waals surface area contributed by atoms with Gasteiger partial charge in [0.15, 0.2) is 6.04 Å². The average molecular weight is 213 g/mol. The van der Waals surface area contributed by atoms with Gasteiger partial charge in [-0.1, -0.05) is 6.07 Å². The topological polar surface area (TPSA) is 33.5 Å². The Labute approximate surface area is 88.7 Å². The second-order valence-electron chi connectivity index (χ2n) is 3.44. The third-order valence-electron chi connectivity index (χ3n) is 2.41. The van der Waals surface area contributed by atoms with Gasteiger partial charge in [-0.2, -0.15) is 0 Å². The summed E-state index contributed by atoms with van der Waals surface area (Å²) < 4.78 is 0. The molecule has 1 aromatic rings. The molecular weight excluding hydrogens is 196 g/mol. The number of likely N-dealkylation sites (N-methyl/N-ethyl adjacent to an activating group) is 2. The fourth-order valence-electron chi connectivity index (χ4n) is 1.28. The minimum Gasteiger partial charge on any atom is -0.354 e. The van der Waals surface area contributed by atoms with Crippen molar-refractivity contribution in [3.63, 3.8) is 0 Å². The molecule has 1 aromatic heterocycles. The standard InChI is InChI=1S/C10H16N2OS/c1-8(10(13)11-2)12(3)7-9-5-4-6-14-9/h4-6,8H,7H2,1-3H3,(H,11,13)/p+1/t8-/m1/s1. The number of carbonyl (C=O) groups excluding carboxylic acids is 1. The van der Waals surface area contributed by atoms with Crippen LogP contribution in [0.2, 0.25) is 0 Å². The average Bonchev–Trinajstić information content (AvgIpc) is 2.68. The summed E-state index contributed by atoms with van der Waals surface area (Å²) in [5.41, 5.74) is 0. The Morgan fingerprint density at radius 3 is 2.93 bits per heavy atom. The van der Waals surface area contributed by atoms with Crippen molar-refractivity contribution in [2.24, 2.45) is 0 Å². The molecule has 14 heavy (non-hydrogen) atoms. The highest BCUT2D eigenvalue weighted by atomic mass is 32.1. The van der Waals surface area contributed by atoms with E-state index >= 15 is 0 Å². The molecular formula is C10H17N2OS+. The third kappa shape index (κ3) is 2.82. The van der Waals surface area contributed by atoms with Crippen LogP contribution in [0.4, 0.5) is 0 Å². The van der Waals surface area contributed by atoms with Gasteiger partial charge in [0, 0.05) is 7.05 Å². The van der Waals surface area contributed by atoms with Crippen LogP contribution >= 0.6 is 11.3 Å². The van der Waals surface area contributed by atoms with Crippen LogP contribution in [0.1, 0.15) is 11.8 Å². The lowest BCUT2D eigenvalue weighted by molar-refractivity contribution is -0.907. The number of nitrogens with one attached hydrogen (secondary N) is 2. The van der Waals surface area contributed by atoms with E-state index in [1.54, 1.807) is 18.4 Å². The largest absolute Gasteiger partial charge is 0.354 e. The molecule has 2 atom stereocenters. The van der Waals surface area contributed by atoms with E-state index in [2.05, 4.69) is 16.8 Å². The molecule has 1 rings (SSSR count). The van der Waals surface area contributed by atoms with Crippen LogP contribution in [-0.4, -0.2) is 26.0 Å². The molecule has 2 N–H and O–H groups in total. The minimum atomic E-state index is 0.00194. The number of amides is 1. The highest BCUT2D eigenvalue weighted by Gasteiger charge is 2.20. The number of thiophene rings is 1. The summed E-state index contributed by atoms with van der Waals surface area (Å²) in [5.74, 6) is 0.0963. The second kappa shape index (κ2) is 5.12. The van der Waals surface area contributed by atoms with Crippen molar-refractivity contribution in [3.05, 3.63) is 22.4 Å². The molecule has 0 fully saturated rings. The Morgan fingerprint density at radius 2 is 2.43 bits per heavy atom. The van der Waals surface area contributed by atoms with E-state index in [9.17, 15) is 4.79 Å². The van der Waals surface area contributed by atoms with Crippen molar-refractivity contribution in [2.75, 3.05) is 14.1 Å². The quantitative estimate of drug-likeness (QED) is 0.719. The van der Waals surface area contributed by atoms with E-state index < -0.39 is 0 Å². The van der Waals surface area contributed by atoms with Crippen LogP contribution in [0.15, 0.2) is 17.5 Å². The lowest BCUT2D eigenvalue weighted by atomic mass is 10.2. The van der Waals surface area contributed by atoms with Crippen molar-refractivity contribution in [1.29, 1.82) is 0 Å². The smallest absolute Gasteiger partial charge is 0.277 e. The van der Waals surface area contributed by atoms with Crippen molar-refractivity contribution in [1.82, 2.24) is 5.32 Å². The highest BCUT2D eigenvalue weighted by Crippen LogP contribution is 2.05. The summed E-state index contributed by atoms with van der Waals surface area (Å²) in [7, 11) is 3.72. The van der Waals surface area contributed by atoms with Crippen molar-refractivity contribution < 1.29 is 9.69 Å². The molecule has 0 spiro atoms. The SMILES string of the molecule is CNC(=O)[C@@H](C)[NH+](C)Cc1cccs1. The number of quaternary nitrogens is 1. The summed E-state index contributed by atoms with van der Waals surface area (Å²) in [6.07, 6.45) is 0. The van der Waals surface area contributed by atoms with Crippen LogP contribution in [-0.2, 0) is 11.3 Å². The monoisotopic (exact) mass is 213 g/mol. The van der Waals surface area contributed by atoms with Gasteiger partial charge in [-0.05, 0) is 18.4 Å². The van der Waals surface area contributed by atoms with Crippen LogP contribution in [0.3, 0.4) is 0 Å². The zero-order chi connectivity index (χ0) is 10.6. The lowest BCUT2D eigenvalue weighted by Crippen LogP contribution is -3.12. The summed E-state index contributed by atoms with van der Waals surface area (Å²) in [6.45, 7) is 2.86. The van der Waals surface area contributed by atoms with Gasteiger partial charge in [0.25, 0.3) is 5.91 Å². The molecule has 0 saturated heterocycles. The van der Waals surface area contributed by atoms with Gasteiger partial charge in [0.1, 0.15) is 6.54 Å². The van der Waals surface area contributed by atoms with Gasteiger partial charge >= 0.3 is 0 Å². The summed E-state index contributed by atoms with van der Waals surface area (Å²) in [4.78, 5) is 13.9. The van der Waals surface area contributed by atoms with E-state index in [-0.39, 0.29) is 11.9 Å². The van der Waals surface area contributed by atoms with Crippen LogP contribution in [0, 0.1) is 0 Å². The Hall–Kier alpha value is -0.870. The number of rotatable bonds is 4. The maximum atomic E-state index is 11.4. The lowest BCUT2D eigenvalue weighted by Gasteiger charge is -2.19. The Kier molecular flexibility index (Phi) is 4.10. The Bertz CT molecular complexity index is 284. The molecule has 0 radical (unpaired) electrons. The maximum Gasteiger partial charge on any atom is 0.277 e. The molecule has 3 nitrogen and oxygen atoms in total. The van der Waals surface area contributed by atoms with Gasteiger partial charge in [-0.25, -0.2) is 0 Å². The van der Waals surface area contributed by atoms with E-state index in [1.807, 2.05) is 20.0 Å². The summed E-state index contributed by atoms with van der Waals surface area (Å²) >= 11 is 1.74. The number of carbonyl (C=O) groups is 1. The first kappa shape index (κ1) is 11.2. The zero-order valence-corrected chi connectivity index (χ0v) is 9.65. The predicted molar refractivity (Wildman–Crippen MR) is 58.4 cm³/mol. The molecule has 0 aromatic carbocycles. The number of hydrogen-bond donors (Lipinski definition) is 2. The van der Waals surface area contributed by atoms with Gasteiger partial charge in [0.05, 0.1) is 11.9 Å². The first-order valence-corrected chi connectivity index (χ1v) is 5.59. The van der Waals surface area contributed by atoms with Crippen LogP contribution < -0.4 is 10.2 Å². The summed E-state index contributed by atoms with van der Waals surface area (Å²) in [5, 5.41) is 4.73. The molecule has 1 unspecified atom stereocenters. The predicted octanol–water partition coefficient (Wildman–Crippen LogP) is -0.103. The van der Waals surface area contributed by atoms with E-state index in [1.165, 1.54) is 9.78 Å². The molecule has 1 heterocycles. The van der Waals surface area contributed by atoms with E-state index in [0.717, 1.165) is 6.54 Å². The third-order valence-corrected chi connectivity index (χ3v) is 3.29. The first-order chi connectivity index (χ1) is 6.65. The molecule has 0 aliphatic rings.